The van der Waals surface area contributed by atoms with Gasteiger partial charge in [-0.25, -0.2) is 8.78 Å². The van der Waals surface area contributed by atoms with Crippen molar-refractivity contribution in [3.05, 3.63) is 29.8 Å². The van der Waals surface area contributed by atoms with Crippen LogP contribution in [0.25, 0.3) is 0 Å². The molecule has 2 N–H and O–H groups in total. The number of ether oxygens (including phenoxy) is 1. The highest BCUT2D eigenvalue weighted by Crippen LogP contribution is 2.15. The minimum absolute atomic E-state index is 0.0273. The van der Waals surface area contributed by atoms with Crippen molar-refractivity contribution in [3.63, 3.8) is 0 Å². The van der Waals surface area contributed by atoms with Gasteiger partial charge in [-0.3, -0.25) is 4.79 Å². The molecule has 1 rings (SSSR count). The van der Waals surface area contributed by atoms with Crippen LogP contribution in [-0.4, -0.2) is 28.9 Å². The molecule has 0 saturated heterocycles. The minimum atomic E-state index is -1.11. The van der Waals surface area contributed by atoms with Crippen LogP contribution in [0.15, 0.2) is 18.2 Å². The molecule has 1 unspecified atom stereocenters. The maximum atomic E-state index is 12.8. The third kappa shape index (κ3) is 4.78. The Bertz CT molecular complexity index is 395. The Kier molecular flexibility index (Phi) is 4.84. The molecule has 1 atom stereocenters. The number of aliphatic carboxylic acids is 1. The monoisotopic (exact) mass is 246 g/mol. The summed E-state index contributed by atoms with van der Waals surface area (Å²) < 4.78 is 30.3. The van der Waals surface area contributed by atoms with Gasteiger partial charge in [0, 0.05) is 12.5 Å². The second kappa shape index (κ2) is 6.15. The molecule has 0 aliphatic carbocycles. The standard InChI is InChI=1S/C11H12F2O4/c12-9-2-1-8(6-10(9)13)17-4-3-7(14)5-11(15)16/h1-2,6-7,14H,3-5H2,(H,15,16). The van der Waals surface area contributed by atoms with E-state index < -0.39 is 23.7 Å². The molecule has 0 saturated carbocycles. The highest BCUT2D eigenvalue weighted by Gasteiger charge is 2.10. The Morgan fingerprint density at radius 2 is 2.06 bits per heavy atom. The first kappa shape index (κ1) is 13.4. The van der Waals surface area contributed by atoms with Crippen LogP contribution in [-0.2, 0) is 4.79 Å². The SMILES string of the molecule is O=C(O)CC(O)CCOc1ccc(F)c(F)c1. The summed E-state index contributed by atoms with van der Waals surface area (Å²) in [6, 6.07) is 3.07. The Morgan fingerprint density at radius 1 is 1.35 bits per heavy atom. The number of rotatable bonds is 6. The number of hydrogen-bond acceptors (Lipinski definition) is 3. The van der Waals surface area contributed by atoms with E-state index in [-0.39, 0.29) is 25.2 Å². The van der Waals surface area contributed by atoms with Crippen LogP contribution in [0.1, 0.15) is 12.8 Å². The van der Waals surface area contributed by atoms with Crippen LogP contribution in [0.5, 0.6) is 5.75 Å². The summed E-state index contributed by atoms with van der Waals surface area (Å²) in [7, 11) is 0. The summed E-state index contributed by atoms with van der Waals surface area (Å²) in [5.74, 6) is -2.96. The molecule has 1 aromatic rings. The first-order valence-corrected chi connectivity index (χ1v) is 4.96. The molecule has 4 nitrogen and oxygen atoms in total. The summed E-state index contributed by atoms with van der Waals surface area (Å²) in [6.45, 7) is 0.0273. The summed E-state index contributed by atoms with van der Waals surface area (Å²) >= 11 is 0. The van der Waals surface area contributed by atoms with E-state index in [9.17, 15) is 18.7 Å². The van der Waals surface area contributed by atoms with Crippen molar-refractivity contribution in [2.45, 2.75) is 18.9 Å². The molecule has 0 amide bonds. The lowest BCUT2D eigenvalue weighted by atomic mass is 10.2. The highest BCUT2D eigenvalue weighted by atomic mass is 19.2. The number of aliphatic hydroxyl groups excluding tert-OH is 1. The van der Waals surface area contributed by atoms with Crippen molar-refractivity contribution >= 4 is 5.97 Å². The third-order valence-electron chi connectivity index (χ3n) is 2.02. The van der Waals surface area contributed by atoms with Gasteiger partial charge in [0.1, 0.15) is 5.75 Å². The Labute approximate surface area is 96.5 Å². The van der Waals surface area contributed by atoms with Gasteiger partial charge < -0.3 is 14.9 Å². The van der Waals surface area contributed by atoms with Gasteiger partial charge in [0.25, 0.3) is 0 Å². The third-order valence-corrected chi connectivity index (χ3v) is 2.02. The Morgan fingerprint density at radius 3 is 2.65 bits per heavy atom. The molecule has 94 valence electrons. The quantitative estimate of drug-likeness (QED) is 0.799. The van der Waals surface area contributed by atoms with Crippen molar-refractivity contribution in [3.8, 4) is 5.75 Å². The first-order chi connectivity index (χ1) is 7.99. The van der Waals surface area contributed by atoms with Crippen LogP contribution < -0.4 is 4.74 Å². The van der Waals surface area contributed by atoms with Crippen molar-refractivity contribution < 1.29 is 28.5 Å². The molecule has 0 bridgehead atoms. The maximum absolute atomic E-state index is 12.8. The predicted molar refractivity (Wildman–Crippen MR) is 54.7 cm³/mol. The van der Waals surface area contributed by atoms with E-state index in [1.165, 1.54) is 6.07 Å². The van der Waals surface area contributed by atoms with Gasteiger partial charge in [-0.15, -0.1) is 0 Å². The largest absolute Gasteiger partial charge is 0.493 e. The molecular formula is C11H12F2O4. The van der Waals surface area contributed by atoms with Crippen molar-refractivity contribution in [1.82, 2.24) is 0 Å². The number of carboxylic acids is 1. The molecule has 0 spiro atoms. The lowest BCUT2D eigenvalue weighted by molar-refractivity contribution is -0.139. The van der Waals surface area contributed by atoms with Gasteiger partial charge in [-0.2, -0.15) is 0 Å². The smallest absolute Gasteiger partial charge is 0.305 e. The number of benzene rings is 1. The minimum Gasteiger partial charge on any atom is -0.493 e. The van der Waals surface area contributed by atoms with E-state index in [1.54, 1.807) is 0 Å². The molecule has 1 aromatic carbocycles. The van der Waals surface area contributed by atoms with E-state index >= 15 is 0 Å². The van der Waals surface area contributed by atoms with Gasteiger partial charge in [-0.05, 0) is 12.1 Å². The van der Waals surface area contributed by atoms with Crippen LogP contribution in [0.3, 0.4) is 0 Å². The van der Waals surface area contributed by atoms with Crippen molar-refractivity contribution in [2.24, 2.45) is 0 Å². The number of hydrogen-bond donors (Lipinski definition) is 2. The van der Waals surface area contributed by atoms with Gasteiger partial charge in [0.15, 0.2) is 11.6 Å². The average Bonchev–Trinajstić information content (AvgIpc) is 2.22. The average molecular weight is 246 g/mol. The highest BCUT2D eigenvalue weighted by molar-refractivity contribution is 5.67. The molecule has 0 fully saturated rings. The van der Waals surface area contributed by atoms with Gasteiger partial charge in [0.2, 0.25) is 0 Å². The van der Waals surface area contributed by atoms with Crippen molar-refractivity contribution in [1.29, 1.82) is 0 Å². The zero-order valence-corrected chi connectivity index (χ0v) is 8.90. The van der Waals surface area contributed by atoms with E-state index in [4.69, 9.17) is 9.84 Å². The summed E-state index contributed by atoms with van der Waals surface area (Å²) in [6.07, 6.45) is -1.29. The van der Waals surface area contributed by atoms with Crippen LogP contribution in [0, 0.1) is 11.6 Å². The van der Waals surface area contributed by atoms with Crippen LogP contribution in [0.4, 0.5) is 8.78 Å². The fraction of sp³-hybridized carbons (Fsp3) is 0.364. The molecular weight excluding hydrogens is 234 g/mol. The summed E-state index contributed by atoms with van der Waals surface area (Å²) in [4.78, 5) is 10.2. The fourth-order valence-corrected chi connectivity index (χ4v) is 1.18. The van der Waals surface area contributed by atoms with Crippen molar-refractivity contribution in [2.75, 3.05) is 6.61 Å². The second-order valence-electron chi connectivity index (χ2n) is 3.46. The zero-order valence-electron chi connectivity index (χ0n) is 8.90. The number of carboxylic acid groups (broad SMARTS) is 1. The maximum Gasteiger partial charge on any atom is 0.305 e. The second-order valence-corrected chi connectivity index (χ2v) is 3.46. The molecule has 0 aliphatic rings. The molecule has 0 heterocycles. The molecule has 17 heavy (non-hydrogen) atoms. The van der Waals surface area contributed by atoms with Crippen LogP contribution >= 0.6 is 0 Å². The predicted octanol–water partition coefficient (Wildman–Crippen LogP) is 1.57. The van der Waals surface area contributed by atoms with Gasteiger partial charge >= 0.3 is 5.97 Å². The summed E-state index contributed by atoms with van der Waals surface area (Å²) in [5.41, 5.74) is 0. The fourth-order valence-electron chi connectivity index (χ4n) is 1.18. The molecule has 0 radical (unpaired) electrons. The lowest BCUT2D eigenvalue weighted by Gasteiger charge is -2.09. The molecule has 0 aliphatic heterocycles. The van der Waals surface area contributed by atoms with E-state index in [0.717, 1.165) is 12.1 Å². The topological polar surface area (TPSA) is 66.8 Å². The van der Waals surface area contributed by atoms with Gasteiger partial charge in [0.05, 0.1) is 19.1 Å². The normalized spacial score (nSPS) is 12.2. The Balaban J connectivity index is 2.35. The number of carbonyl (C=O) groups is 1. The Hall–Kier alpha value is -1.69. The molecule has 6 heteroatoms. The van der Waals surface area contributed by atoms with E-state index in [0.29, 0.717) is 0 Å². The van der Waals surface area contributed by atoms with Gasteiger partial charge in [-0.1, -0.05) is 0 Å². The first-order valence-electron chi connectivity index (χ1n) is 4.96. The number of aliphatic hydroxyl groups is 1. The number of halogens is 2. The van der Waals surface area contributed by atoms with E-state index in [2.05, 4.69) is 0 Å². The summed E-state index contributed by atoms with van der Waals surface area (Å²) in [5, 5.41) is 17.6. The van der Waals surface area contributed by atoms with E-state index in [1.807, 2.05) is 0 Å². The van der Waals surface area contributed by atoms with Crippen LogP contribution in [0.2, 0.25) is 0 Å². The molecule has 0 aromatic heterocycles. The zero-order chi connectivity index (χ0) is 12.8. The lowest BCUT2D eigenvalue weighted by Crippen LogP contribution is -2.16.